The van der Waals surface area contributed by atoms with Gasteiger partial charge in [-0.1, -0.05) is 6.07 Å². The second kappa shape index (κ2) is 8.19. The molecule has 132 valence electrons. The molecule has 0 aliphatic heterocycles. The van der Waals surface area contributed by atoms with Crippen molar-refractivity contribution in [2.24, 2.45) is 0 Å². The Morgan fingerprint density at radius 2 is 1.58 bits per heavy atom. The van der Waals surface area contributed by atoms with Gasteiger partial charge in [-0.05, 0) is 32.9 Å². The molecule has 0 radical (unpaired) electrons. The van der Waals surface area contributed by atoms with E-state index in [-0.39, 0.29) is 17.1 Å². The molecule has 1 aromatic rings. The molecule has 0 heterocycles. The number of carbonyl (C=O) groups excluding carboxylic acids is 3. The van der Waals surface area contributed by atoms with Crippen molar-refractivity contribution >= 4 is 17.9 Å². The molecule has 8 heteroatoms. The van der Waals surface area contributed by atoms with Crippen molar-refractivity contribution < 1.29 is 28.6 Å². The van der Waals surface area contributed by atoms with E-state index >= 15 is 0 Å². The van der Waals surface area contributed by atoms with E-state index in [9.17, 15) is 14.4 Å². The van der Waals surface area contributed by atoms with Crippen LogP contribution in [0.2, 0.25) is 0 Å². The number of rotatable bonds is 5. The van der Waals surface area contributed by atoms with Crippen LogP contribution in [0, 0.1) is 0 Å². The highest BCUT2D eigenvalue weighted by molar-refractivity contribution is 5.99. The lowest BCUT2D eigenvalue weighted by molar-refractivity contribution is -0.123. The average molecular weight is 338 g/mol. The van der Waals surface area contributed by atoms with Crippen LogP contribution in [0.15, 0.2) is 18.2 Å². The molecule has 0 aliphatic carbocycles. The smallest absolute Gasteiger partial charge is 0.346 e. The summed E-state index contributed by atoms with van der Waals surface area (Å²) in [5.74, 6) is -1.04. The normalized spacial score (nSPS) is 10.5. The van der Waals surface area contributed by atoms with Gasteiger partial charge in [-0.2, -0.15) is 0 Å². The first-order valence-electron chi connectivity index (χ1n) is 7.18. The molecule has 2 N–H and O–H groups in total. The SMILES string of the molecule is COc1cccc(OC)c1C(=O)OCC(=O)NC(=O)NC(C)(C)C. The number of imide groups is 1. The molecule has 8 nitrogen and oxygen atoms in total. The summed E-state index contributed by atoms with van der Waals surface area (Å²) in [5.41, 5.74) is -0.430. The molecular formula is C16H22N2O6. The first-order valence-corrected chi connectivity index (χ1v) is 7.18. The Morgan fingerprint density at radius 3 is 2.04 bits per heavy atom. The van der Waals surface area contributed by atoms with Crippen molar-refractivity contribution in [3.8, 4) is 11.5 Å². The van der Waals surface area contributed by atoms with Gasteiger partial charge in [0.1, 0.15) is 17.1 Å². The minimum absolute atomic E-state index is 0.0643. The first kappa shape index (κ1) is 19.3. The van der Waals surface area contributed by atoms with E-state index in [0.29, 0.717) is 0 Å². The summed E-state index contributed by atoms with van der Waals surface area (Å²) >= 11 is 0. The van der Waals surface area contributed by atoms with Crippen LogP contribution in [0.5, 0.6) is 11.5 Å². The third-order valence-electron chi connectivity index (χ3n) is 2.71. The molecule has 1 aromatic carbocycles. The Morgan fingerprint density at radius 1 is 1.04 bits per heavy atom. The summed E-state index contributed by atoms with van der Waals surface area (Å²) in [6.45, 7) is 4.69. The molecule has 3 amide bonds. The Balaban J connectivity index is 2.67. The van der Waals surface area contributed by atoms with Gasteiger partial charge in [0.15, 0.2) is 6.61 Å². The molecule has 0 saturated carbocycles. The molecular weight excluding hydrogens is 316 g/mol. The summed E-state index contributed by atoms with van der Waals surface area (Å²) in [6.07, 6.45) is 0. The fourth-order valence-corrected chi connectivity index (χ4v) is 1.79. The quantitative estimate of drug-likeness (QED) is 0.789. The van der Waals surface area contributed by atoms with Gasteiger partial charge in [-0.3, -0.25) is 10.1 Å². The zero-order valence-corrected chi connectivity index (χ0v) is 14.4. The van der Waals surface area contributed by atoms with Crippen LogP contribution in [0.25, 0.3) is 0 Å². The van der Waals surface area contributed by atoms with E-state index in [1.165, 1.54) is 14.2 Å². The van der Waals surface area contributed by atoms with E-state index in [2.05, 4.69) is 10.6 Å². The van der Waals surface area contributed by atoms with Crippen molar-refractivity contribution in [3.63, 3.8) is 0 Å². The van der Waals surface area contributed by atoms with Crippen LogP contribution >= 0.6 is 0 Å². The van der Waals surface area contributed by atoms with E-state index in [4.69, 9.17) is 14.2 Å². The zero-order chi connectivity index (χ0) is 18.3. The second-order valence-corrected chi connectivity index (χ2v) is 5.87. The van der Waals surface area contributed by atoms with Gasteiger partial charge in [-0.15, -0.1) is 0 Å². The number of urea groups is 1. The monoisotopic (exact) mass is 338 g/mol. The standard InChI is InChI=1S/C16H22N2O6/c1-16(2,3)18-15(21)17-12(19)9-24-14(20)13-10(22-4)7-6-8-11(13)23-5/h6-8H,9H2,1-5H3,(H2,17,18,19,21). The van der Waals surface area contributed by atoms with E-state index in [1.54, 1.807) is 39.0 Å². The van der Waals surface area contributed by atoms with Crippen molar-refractivity contribution in [3.05, 3.63) is 23.8 Å². The molecule has 0 aromatic heterocycles. The first-order chi connectivity index (χ1) is 11.2. The number of benzene rings is 1. The summed E-state index contributed by atoms with van der Waals surface area (Å²) in [4.78, 5) is 35.4. The van der Waals surface area contributed by atoms with Gasteiger partial charge in [0.05, 0.1) is 14.2 Å². The van der Waals surface area contributed by atoms with Crippen LogP contribution in [-0.4, -0.2) is 44.3 Å². The summed E-state index contributed by atoms with van der Waals surface area (Å²) in [5, 5.41) is 4.63. The number of methoxy groups -OCH3 is 2. The molecule has 0 unspecified atom stereocenters. The predicted octanol–water partition coefficient (Wildman–Crippen LogP) is 1.48. The minimum Gasteiger partial charge on any atom is -0.496 e. The lowest BCUT2D eigenvalue weighted by Gasteiger charge is -2.20. The largest absolute Gasteiger partial charge is 0.496 e. The third kappa shape index (κ3) is 5.79. The topological polar surface area (TPSA) is 103 Å². The fraction of sp³-hybridized carbons (Fsp3) is 0.438. The number of hydrogen-bond acceptors (Lipinski definition) is 6. The molecule has 24 heavy (non-hydrogen) atoms. The Labute approximate surface area is 140 Å². The average Bonchev–Trinajstić information content (AvgIpc) is 2.49. The summed E-state index contributed by atoms with van der Waals surface area (Å²) < 4.78 is 15.1. The van der Waals surface area contributed by atoms with Crippen molar-refractivity contribution in [1.82, 2.24) is 10.6 Å². The number of hydrogen-bond donors (Lipinski definition) is 2. The van der Waals surface area contributed by atoms with Crippen LogP contribution in [-0.2, 0) is 9.53 Å². The van der Waals surface area contributed by atoms with Crippen LogP contribution in [0.3, 0.4) is 0 Å². The number of carbonyl (C=O) groups is 3. The molecule has 0 saturated heterocycles. The molecule has 1 rings (SSSR count). The number of amides is 3. The maximum absolute atomic E-state index is 12.2. The zero-order valence-electron chi connectivity index (χ0n) is 14.4. The van der Waals surface area contributed by atoms with Crippen LogP contribution in [0.4, 0.5) is 4.79 Å². The van der Waals surface area contributed by atoms with E-state index in [1.807, 2.05) is 0 Å². The van der Waals surface area contributed by atoms with E-state index in [0.717, 1.165) is 0 Å². The highest BCUT2D eigenvalue weighted by Crippen LogP contribution is 2.28. The molecule has 0 spiro atoms. The molecule has 0 aliphatic rings. The highest BCUT2D eigenvalue weighted by Gasteiger charge is 2.21. The van der Waals surface area contributed by atoms with Gasteiger partial charge in [-0.25, -0.2) is 9.59 Å². The molecule has 0 bridgehead atoms. The lowest BCUT2D eigenvalue weighted by atomic mass is 10.1. The maximum Gasteiger partial charge on any atom is 0.346 e. The number of esters is 1. The highest BCUT2D eigenvalue weighted by atomic mass is 16.5. The third-order valence-corrected chi connectivity index (χ3v) is 2.71. The van der Waals surface area contributed by atoms with Gasteiger partial charge >= 0.3 is 12.0 Å². The van der Waals surface area contributed by atoms with Gasteiger partial charge in [0.25, 0.3) is 5.91 Å². The van der Waals surface area contributed by atoms with Gasteiger partial charge in [0, 0.05) is 5.54 Å². The molecule has 0 atom stereocenters. The van der Waals surface area contributed by atoms with Crippen molar-refractivity contribution in [2.75, 3.05) is 20.8 Å². The van der Waals surface area contributed by atoms with Gasteiger partial charge < -0.3 is 19.5 Å². The Kier molecular flexibility index (Phi) is 6.58. The van der Waals surface area contributed by atoms with Crippen molar-refractivity contribution in [1.29, 1.82) is 0 Å². The fourth-order valence-electron chi connectivity index (χ4n) is 1.79. The Hall–Kier alpha value is -2.77. The lowest BCUT2D eigenvalue weighted by Crippen LogP contribution is -2.49. The summed E-state index contributed by atoms with van der Waals surface area (Å²) in [7, 11) is 2.80. The maximum atomic E-state index is 12.2. The Bertz CT molecular complexity index is 599. The minimum atomic E-state index is -0.796. The van der Waals surface area contributed by atoms with E-state index < -0.39 is 30.1 Å². The van der Waals surface area contributed by atoms with Crippen LogP contribution in [0.1, 0.15) is 31.1 Å². The summed E-state index contributed by atoms with van der Waals surface area (Å²) in [6, 6.07) is 4.11. The van der Waals surface area contributed by atoms with Crippen LogP contribution < -0.4 is 20.1 Å². The second-order valence-electron chi connectivity index (χ2n) is 5.87. The number of ether oxygens (including phenoxy) is 3. The number of nitrogens with one attached hydrogen (secondary N) is 2. The van der Waals surface area contributed by atoms with Gasteiger partial charge in [0.2, 0.25) is 0 Å². The predicted molar refractivity (Wildman–Crippen MR) is 86.3 cm³/mol. The molecule has 0 fully saturated rings. The van der Waals surface area contributed by atoms with Crippen molar-refractivity contribution in [2.45, 2.75) is 26.3 Å².